The number of hydrogen-bond acceptors (Lipinski definition) is 8. The summed E-state index contributed by atoms with van der Waals surface area (Å²) in [5.74, 6) is 2.10. The molecule has 6 aromatic rings. The number of methoxy groups -OCH3 is 1. The fraction of sp³-hybridized carbons (Fsp3) is 0.160. The molecule has 1 aromatic carbocycles. The Hall–Kier alpha value is -4.53. The molecule has 34 heavy (non-hydrogen) atoms. The Kier molecular flexibility index (Phi) is 4.44. The molecule has 5 aromatic heterocycles. The Labute approximate surface area is 193 Å². The molecule has 0 aliphatic carbocycles. The van der Waals surface area contributed by atoms with E-state index in [2.05, 4.69) is 30.2 Å². The van der Waals surface area contributed by atoms with Gasteiger partial charge in [0.2, 0.25) is 0 Å². The highest BCUT2D eigenvalue weighted by molar-refractivity contribution is 6.14. The molecule has 5 heterocycles. The van der Waals surface area contributed by atoms with Gasteiger partial charge in [-0.15, -0.1) is 0 Å². The Morgan fingerprint density at radius 3 is 2.38 bits per heavy atom. The summed E-state index contributed by atoms with van der Waals surface area (Å²) in [4.78, 5) is 16.7. The van der Waals surface area contributed by atoms with E-state index in [1.807, 2.05) is 45.0 Å². The maximum absolute atomic E-state index is 5.79. The fourth-order valence-corrected chi connectivity index (χ4v) is 4.53. The van der Waals surface area contributed by atoms with Crippen LogP contribution in [0.1, 0.15) is 17.2 Å². The van der Waals surface area contributed by atoms with Gasteiger partial charge in [0.1, 0.15) is 34.9 Å². The molecule has 9 nitrogen and oxygen atoms in total. The molecule has 0 saturated carbocycles. The largest absolute Gasteiger partial charge is 0.496 e. The molecule has 0 aliphatic heterocycles. The predicted molar refractivity (Wildman–Crippen MR) is 126 cm³/mol. The van der Waals surface area contributed by atoms with Crippen LogP contribution >= 0.6 is 0 Å². The van der Waals surface area contributed by atoms with Crippen LogP contribution in [0.4, 0.5) is 0 Å². The SMILES string of the molecule is COc1cc2c(cc1-c1c(C)noc1C)[nH]c1ncnc(-c3c(-c4ccncc4)noc3C)c12. The van der Waals surface area contributed by atoms with Crippen molar-refractivity contribution in [3.63, 3.8) is 0 Å². The highest BCUT2D eigenvalue weighted by Crippen LogP contribution is 2.43. The van der Waals surface area contributed by atoms with Crippen LogP contribution in [-0.2, 0) is 0 Å². The van der Waals surface area contributed by atoms with Gasteiger partial charge in [0.25, 0.3) is 0 Å². The second kappa shape index (κ2) is 7.51. The lowest BCUT2D eigenvalue weighted by molar-refractivity contribution is 0.393. The van der Waals surface area contributed by atoms with E-state index in [1.165, 1.54) is 0 Å². The van der Waals surface area contributed by atoms with Gasteiger partial charge in [-0.2, -0.15) is 0 Å². The molecule has 0 spiro atoms. The molecular weight excluding hydrogens is 432 g/mol. The van der Waals surface area contributed by atoms with E-state index >= 15 is 0 Å². The first-order valence-electron chi connectivity index (χ1n) is 10.7. The summed E-state index contributed by atoms with van der Waals surface area (Å²) in [7, 11) is 1.65. The van der Waals surface area contributed by atoms with Crippen molar-refractivity contribution in [1.82, 2.24) is 30.2 Å². The first-order valence-corrected chi connectivity index (χ1v) is 10.7. The average molecular weight is 452 g/mol. The number of rotatable bonds is 4. The van der Waals surface area contributed by atoms with Crippen LogP contribution in [0.15, 0.2) is 52.0 Å². The number of H-pyrrole nitrogens is 1. The Morgan fingerprint density at radius 2 is 1.65 bits per heavy atom. The molecule has 0 aliphatic rings. The van der Waals surface area contributed by atoms with Crippen molar-refractivity contribution >= 4 is 21.9 Å². The van der Waals surface area contributed by atoms with Crippen LogP contribution in [0.25, 0.3) is 55.6 Å². The van der Waals surface area contributed by atoms with Crippen molar-refractivity contribution in [3.8, 4) is 39.4 Å². The van der Waals surface area contributed by atoms with Crippen molar-refractivity contribution in [2.24, 2.45) is 0 Å². The van der Waals surface area contributed by atoms with Crippen LogP contribution in [0, 0.1) is 20.8 Å². The fourth-order valence-electron chi connectivity index (χ4n) is 4.53. The number of nitrogens with zero attached hydrogens (tertiary/aromatic N) is 5. The average Bonchev–Trinajstić information content (AvgIpc) is 3.52. The monoisotopic (exact) mass is 452 g/mol. The van der Waals surface area contributed by atoms with E-state index < -0.39 is 0 Å². The van der Waals surface area contributed by atoms with Gasteiger partial charge in [0.05, 0.1) is 35.0 Å². The standard InChI is InChI=1S/C25H20N6O3/c1-12-20(13(2)33-30-12)17-9-18-16(10-19(17)32-4)22-24(27-11-28-25(22)29-18)21-14(3)34-31-23(21)15-5-7-26-8-6-15/h5-11H,1-4H3,(H,27,28,29). The molecule has 0 saturated heterocycles. The Bertz CT molecular complexity index is 1660. The third kappa shape index (κ3) is 2.90. The van der Waals surface area contributed by atoms with Crippen molar-refractivity contribution in [2.75, 3.05) is 7.11 Å². The number of benzene rings is 1. The highest BCUT2D eigenvalue weighted by Gasteiger charge is 2.24. The first-order chi connectivity index (χ1) is 16.6. The summed E-state index contributed by atoms with van der Waals surface area (Å²) in [6.45, 7) is 5.69. The molecular formula is C25H20N6O3. The second-order valence-electron chi connectivity index (χ2n) is 8.07. The van der Waals surface area contributed by atoms with Crippen LogP contribution in [-0.4, -0.2) is 37.4 Å². The zero-order valence-electron chi connectivity index (χ0n) is 19.0. The first kappa shape index (κ1) is 20.1. The van der Waals surface area contributed by atoms with Crippen molar-refractivity contribution in [2.45, 2.75) is 20.8 Å². The minimum Gasteiger partial charge on any atom is -0.496 e. The van der Waals surface area contributed by atoms with Crippen molar-refractivity contribution in [3.05, 3.63) is 60.2 Å². The second-order valence-corrected chi connectivity index (χ2v) is 8.07. The van der Waals surface area contributed by atoms with Crippen LogP contribution in [0.5, 0.6) is 5.75 Å². The van der Waals surface area contributed by atoms with E-state index in [9.17, 15) is 0 Å². The summed E-state index contributed by atoms with van der Waals surface area (Å²) < 4.78 is 16.8. The van der Waals surface area contributed by atoms with Gasteiger partial charge in [0.15, 0.2) is 0 Å². The van der Waals surface area contributed by atoms with Crippen LogP contribution in [0.2, 0.25) is 0 Å². The lowest BCUT2D eigenvalue weighted by atomic mass is 9.98. The van der Waals surface area contributed by atoms with E-state index in [4.69, 9.17) is 13.8 Å². The number of fused-ring (bicyclic) bond motifs is 3. The lowest BCUT2D eigenvalue weighted by Crippen LogP contribution is -1.92. The van der Waals surface area contributed by atoms with Gasteiger partial charge in [-0.3, -0.25) is 4.98 Å². The van der Waals surface area contributed by atoms with Crippen LogP contribution < -0.4 is 4.74 Å². The van der Waals surface area contributed by atoms with E-state index in [1.54, 1.807) is 25.8 Å². The summed E-state index contributed by atoms with van der Waals surface area (Å²) in [6.07, 6.45) is 5.00. The minimum atomic E-state index is 0.667. The van der Waals surface area contributed by atoms with Crippen molar-refractivity contribution in [1.29, 1.82) is 0 Å². The summed E-state index contributed by atoms with van der Waals surface area (Å²) in [5, 5.41) is 10.2. The maximum atomic E-state index is 5.79. The predicted octanol–water partition coefficient (Wildman–Crippen LogP) is 5.42. The third-order valence-corrected chi connectivity index (χ3v) is 6.07. The number of ether oxygens (including phenoxy) is 1. The van der Waals surface area contributed by atoms with E-state index in [0.29, 0.717) is 22.9 Å². The van der Waals surface area contributed by atoms with Gasteiger partial charge in [-0.05, 0) is 45.0 Å². The smallest absolute Gasteiger partial charge is 0.143 e. The highest BCUT2D eigenvalue weighted by atomic mass is 16.5. The number of nitrogens with one attached hydrogen (secondary N) is 1. The number of aryl methyl sites for hydroxylation is 3. The Morgan fingerprint density at radius 1 is 0.882 bits per heavy atom. The third-order valence-electron chi connectivity index (χ3n) is 6.07. The topological polar surface area (TPSA) is 116 Å². The molecule has 0 atom stereocenters. The molecule has 6 rings (SSSR count). The number of pyridine rings is 1. The quantitative estimate of drug-likeness (QED) is 0.377. The van der Waals surface area contributed by atoms with Crippen molar-refractivity contribution < 1.29 is 13.8 Å². The van der Waals surface area contributed by atoms with E-state index in [0.717, 1.165) is 55.7 Å². The molecule has 168 valence electrons. The zero-order chi connectivity index (χ0) is 23.4. The molecule has 0 amide bonds. The zero-order valence-corrected chi connectivity index (χ0v) is 19.0. The minimum absolute atomic E-state index is 0.667. The Balaban J connectivity index is 1.65. The molecule has 0 fully saturated rings. The summed E-state index contributed by atoms with van der Waals surface area (Å²) in [6, 6.07) is 7.83. The molecule has 1 N–H and O–H groups in total. The van der Waals surface area contributed by atoms with Gasteiger partial charge < -0.3 is 18.8 Å². The number of aromatic amines is 1. The lowest BCUT2D eigenvalue weighted by Gasteiger charge is -2.09. The molecule has 0 radical (unpaired) electrons. The van der Waals surface area contributed by atoms with Gasteiger partial charge in [-0.1, -0.05) is 10.3 Å². The van der Waals surface area contributed by atoms with Gasteiger partial charge in [0, 0.05) is 34.4 Å². The number of hydrogen-bond donors (Lipinski definition) is 1. The summed E-state index contributed by atoms with van der Waals surface area (Å²) in [5.41, 5.74) is 7.35. The van der Waals surface area contributed by atoms with Gasteiger partial charge >= 0.3 is 0 Å². The van der Waals surface area contributed by atoms with Crippen LogP contribution in [0.3, 0.4) is 0 Å². The normalized spacial score (nSPS) is 11.5. The molecule has 0 unspecified atom stereocenters. The maximum Gasteiger partial charge on any atom is 0.143 e. The number of aromatic nitrogens is 6. The van der Waals surface area contributed by atoms with Gasteiger partial charge in [-0.25, -0.2) is 9.97 Å². The molecule has 9 heteroatoms. The summed E-state index contributed by atoms with van der Waals surface area (Å²) >= 11 is 0. The molecule has 0 bridgehead atoms. The van der Waals surface area contributed by atoms with E-state index in [-0.39, 0.29) is 0 Å².